The van der Waals surface area contributed by atoms with Gasteiger partial charge in [0.05, 0.1) is 6.54 Å². The Hall–Kier alpha value is -2.08. The van der Waals surface area contributed by atoms with Crippen LogP contribution in [-0.2, 0) is 11.2 Å². The van der Waals surface area contributed by atoms with E-state index in [0.29, 0.717) is 26.0 Å². The lowest BCUT2D eigenvalue weighted by Gasteiger charge is -2.18. The van der Waals surface area contributed by atoms with Crippen molar-refractivity contribution >= 4 is 17.7 Å². The van der Waals surface area contributed by atoms with Crippen molar-refractivity contribution in [2.24, 2.45) is 0 Å². The summed E-state index contributed by atoms with van der Waals surface area (Å²) in [6, 6.07) is 6.14. The molecule has 1 amide bonds. The van der Waals surface area contributed by atoms with Gasteiger partial charge in [-0.05, 0) is 69.2 Å². The molecule has 0 saturated heterocycles. The lowest BCUT2D eigenvalue weighted by molar-refractivity contribution is -0.130. The molecule has 0 unspecified atom stereocenters. The third-order valence-electron chi connectivity index (χ3n) is 4.49. The zero-order chi connectivity index (χ0) is 20.0. The first-order chi connectivity index (χ1) is 12.8. The number of hydrogen-bond donors (Lipinski definition) is 0. The van der Waals surface area contributed by atoms with Crippen LogP contribution >= 0.6 is 11.8 Å². The molecule has 0 atom stereocenters. The van der Waals surface area contributed by atoms with Crippen LogP contribution in [0.25, 0.3) is 0 Å². The van der Waals surface area contributed by atoms with Crippen LogP contribution in [0.3, 0.4) is 0 Å². The molecule has 0 aliphatic rings. The minimum absolute atomic E-state index is 0.103. The number of carbonyl (C=O) groups is 1. The van der Waals surface area contributed by atoms with E-state index in [-0.39, 0.29) is 5.91 Å². The number of aromatic nitrogens is 2. The van der Waals surface area contributed by atoms with E-state index in [0.717, 1.165) is 27.9 Å². The molecule has 0 spiro atoms. The standard InChI is InChI=1S/C21H29N3O2S/c1-14-11-15(2)13-18(12-14)26-10-9-24(5)20(25)8-7-19-16(3)22-21(27-6)23-17(19)4/h11-13H,7-10H2,1-6H3. The van der Waals surface area contributed by atoms with E-state index in [9.17, 15) is 4.79 Å². The Bertz CT molecular complexity index is 765. The fourth-order valence-corrected chi connectivity index (χ4v) is 3.48. The van der Waals surface area contributed by atoms with Crippen molar-refractivity contribution in [3.05, 3.63) is 46.3 Å². The third-order valence-corrected chi connectivity index (χ3v) is 5.04. The summed E-state index contributed by atoms with van der Waals surface area (Å²) < 4.78 is 5.80. The molecule has 0 fully saturated rings. The molecule has 0 aliphatic heterocycles. The van der Waals surface area contributed by atoms with Crippen LogP contribution in [0.1, 0.15) is 34.5 Å². The number of nitrogens with zero attached hydrogens (tertiary/aromatic N) is 3. The topological polar surface area (TPSA) is 55.3 Å². The molecule has 0 saturated carbocycles. The first-order valence-corrected chi connectivity index (χ1v) is 10.4. The minimum Gasteiger partial charge on any atom is -0.492 e. The summed E-state index contributed by atoms with van der Waals surface area (Å²) >= 11 is 1.53. The van der Waals surface area contributed by atoms with Crippen LogP contribution in [-0.4, -0.2) is 47.2 Å². The number of aryl methyl sites for hydroxylation is 4. The quantitative estimate of drug-likeness (QED) is 0.508. The van der Waals surface area contributed by atoms with Crippen LogP contribution in [0.4, 0.5) is 0 Å². The summed E-state index contributed by atoms with van der Waals surface area (Å²) in [5.41, 5.74) is 5.34. The fourth-order valence-electron chi connectivity index (χ4n) is 3.03. The normalized spacial score (nSPS) is 10.7. The van der Waals surface area contributed by atoms with Crippen molar-refractivity contribution in [2.75, 3.05) is 26.5 Å². The molecular formula is C21H29N3O2S. The monoisotopic (exact) mass is 387 g/mol. The first kappa shape index (κ1) is 21.2. The number of amides is 1. The SMILES string of the molecule is CSc1nc(C)c(CCC(=O)N(C)CCOc2cc(C)cc(C)c2)c(C)n1. The molecule has 2 aromatic rings. The van der Waals surface area contributed by atoms with E-state index in [4.69, 9.17) is 4.74 Å². The third kappa shape index (κ3) is 6.24. The Kier molecular flexibility index (Phi) is 7.66. The van der Waals surface area contributed by atoms with Gasteiger partial charge in [-0.15, -0.1) is 0 Å². The maximum absolute atomic E-state index is 12.4. The second-order valence-corrected chi connectivity index (χ2v) is 7.62. The van der Waals surface area contributed by atoms with Crippen LogP contribution in [0.15, 0.2) is 23.4 Å². The van der Waals surface area contributed by atoms with E-state index in [1.54, 1.807) is 4.90 Å². The zero-order valence-electron chi connectivity index (χ0n) is 17.1. The molecule has 27 heavy (non-hydrogen) atoms. The molecule has 5 nitrogen and oxygen atoms in total. The summed E-state index contributed by atoms with van der Waals surface area (Å²) in [6.45, 7) is 9.11. The van der Waals surface area contributed by atoms with E-state index in [1.807, 2.05) is 39.3 Å². The van der Waals surface area contributed by atoms with Gasteiger partial charge in [0, 0.05) is 24.9 Å². The maximum Gasteiger partial charge on any atom is 0.222 e. The molecule has 1 aromatic carbocycles. The largest absolute Gasteiger partial charge is 0.492 e. The highest BCUT2D eigenvalue weighted by Gasteiger charge is 2.13. The molecule has 0 bridgehead atoms. The Labute approximate surface area is 166 Å². The molecule has 0 radical (unpaired) electrons. The second-order valence-electron chi connectivity index (χ2n) is 6.85. The summed E-state index contributed by atoms with van der Waals surface area (Å²) in [4.78, 5) is 23.1. The van der Waals surface area contributed by atoms with Crippen LogP contribution in [0.2, 0.25) is 0 Å². The highest BCUT2D eigenvalue weighted by atomic mass is 32.2. The van der Waals surface area contributed by atoms with Gasteiger partial charge in [-0.1, -0.05) is 17.8 Å². The van der Waals surface area contributed by atoms with Gasteiger partial charge < -0.3 is 9.64 Å². The van der Waals surface area contributed by atoms with Gasteiger partial charge in [-0.25, -0.2) is 9.97 Å². The van der Waals surface area contributed by atoms with Crippen molar-refractivity contribution < 1.29 is 9.53 Å². The van der Waals surface area contributed by atoms with Crippen molar-refractivity contribution in [1.29, 1.82) is 0 Å². The van der Waals surface area contributed by atoms with Gasteiger partial charge in [0.25, 0.3) is 0 Å². The van der Waals surface area contributed by atoms with Gasteiger partial charge in [0.2, 0.25) is 5.91 Å². The van der Waals surface area contributed by atoms with Gasteiger partial charge in [0.1, 0.15) is 12.4 Å². The van der Waals surface area contributed by atoms with Crippen molar-refractivity contribution in [3.63, 3.8) is 0 Å². The molecule has 0 N–H and O–H groups in total. The predicted octanol–water partition coefficient (Wildman–Crippen LogP) is 3.90. The Morgan fingerprint density at radius 2 is 1.67 bits per heavy atom. The summed E-state index contributed by atoms with van der Waals surface area (Å²) in [7, 11) is 1.82. The molecule has 6 heteroatoms. The number of carbonyl (C=O) groups excluding carboxylic acids is 1. The van der Waals surface area contributed by atoms with Crippen molar-refractivity contribution in [2.45, 2.75) is 45.7 Å². The van der Waals surface area contributed by atoms with Crippen molar-refractivity contribution in [3.8, 4) is 5.75 Å². The van der Waals surface area contributed by atoms with Crippen LogP contribution < -0.4 is 4.74 Å². The average molecular weight is 388 g/mol. The summed E-state index contributed by atoms with van der Waals surface area (Å²) in [5, 5.41) is 0.778. The number of rotatable bonds is 8. The average Bonchev–Trinajstić information content (AvgIpc) is 2.59. The fraction of sp³-hybridized carbons (Fsp3) is 0.476. The second kappa shape index (κ2) is 9.74. The number of hydrogen-bond acceptors (Lipinski definition) is 5. The number of benzene rings is 1. The Balaban J connectivity index is 1.83. The summed E-state index contributed by atoms with van der Waals surface area (Å²) in [6.07, 6.45) is 3.07. The van der Waals surface area contributed by atoms with Crippen molar-refractivity contribution in [1.82, 2.24) is 14.9 Å². The minimum atomic E-state index is 0.103. The smallest absolute Gasteiger partial charge is 0.222 e. The lowest BCUT2D eigenvalue weighted by atomic mass is 10.1. The first-order valence-electron chi connectivity index (χ1n) is 9.13. The maximum atomic E-state index is 12.4. The number of ether oxygens (including phenoxy) is 1. The number of likely N-dealkylation sites (N-methyl/N-ethyl adjacent to an activating group) is 1. The Morgan fingerprint density at radius 1 is 1.07 bits per heavy atom. The molecule has 1 aromatic heterocycles. The summed E-state index contributed by atoms with van der Waals surface area (Å²) in [5.74, 6) is 0.956. The molecule has 146 valence electrons. The van der Waals surface area contributed by atoms with Gasteiger partial charge in [0.15, 0.2) is 5.16 Å². The van der Waals surface area contributed by atoms with Crippen LogP contribution in [0, 0.1) is 27.7 Å². The van der Waals surface area contributed by atoms with Gasteiger partial charge in [-0.2, -0.15) is 0 Å². The van der Waals surface area contributed by atoms with E-state index >= 15 is 0 Å². The highest BCUT2D eigenvalue weighted by molar-refractivity contribution is 7.98. The highest BCUT2D eigenvalue weighted by Crippen LogP contribution is 2.18. The van der Waals surface area contributed by atoms with E-state index in [2.05, 4.69) is 29.9 Å². The van der Waals surface area contributed by atoms with Gasteiger partial charge in [-0.3, -0.25) is 4.79 Å². The lowest BCUT2D eigenvalue weighted by Crippen LogP contribution is -2.31. The molecule has 2 rings (SSSR count). The molecule has 0 aliphatic carbocycles. The zero-order valence-corrected chi connectivity index (χ0v) is 17.9. The van der Waals surface area contributed by atoms with Crippen LogP contribution in [0.5, 0.6) is 5.75 Å². The van der Waals surface area contributed by atoms with Gasteiger partial charge >= 0.3 is 0 Å². The Morgan fingerprint density at radius 3 is 2.22 bits per heavy atom. The number of thioether (sulfide) groups is 1. The molecular weight excluding hydrogens is 358 g/mol. The van der Waals surface area contributed by atoms with E-state index < -0.39 is 0 Å². The van der Waals surface area contributed by atoms with E-state index in [1.165, 1.54) is 22.9 Å². The predicted molar refractivity (Wildman–Crippen MR) is 111 cm³/mol. The molecule has 1 heterocycles.